The molecule has 0 radical (unpaired) electrons. The largest absolute Gasteiger partial charge is 0.481 e. The summed E-state index contributed by atoms with van der Waals surface area (Å²) in [6.07, 6.45) is 12.0. The van der Waals surface area contributed by atoms with Gasteiger partial charge in [0.2, 0.25) is 5.91 Å². The monoisotopic (exact) mass is 838 g/mol. The van der Waals surface area contributed by atoms with Gasteiger partial charge in [0.05, 0.1) is 6.54 Å². The highest BCUT2D eigenvalue weighted by Crippen LogP contribution is 2.14. The van der Waals surface area contributed by atoms with E-state index in [9.17, 15) is 29.1 Å². The summed E-state index contributed by atoms with van der Waals surface area (Å²) < 4.78 is 0. The number of hydrogen-bond acceptors (Lipinski definition) is 12. The van der Waals surface area contributed by atoms with Gasteiger partial charge in [0.25, 0.3) is 0 Å². The average molecular weight is 838 g/mol. The molecule has 16 nitrogen and oxygen atoms in total. The van der Waals surface area contributed by atoms with Crippen LogP contribution in [0.5, 0.6) is 0 Å². The van der Waals surface area contributed by atoms with Crippen molar-refractivity contribution in [3.8, 4) is 0 Å². The van der Waals surface area contributed by atoms with Crippen LogP contribution in [0.3, 0.4) is 0 Å². The highest BCUT2D eigenvalue weighted by atomic mass is 16.4. The number of amidine groups is 2. The fourth-order valence-corrected chi connectivity index (χ4v) is 5.45. The first-order chi connectivity index (χ1) is 28.1. The van der Waals surface area contributed by atoms with Crippen LogP contribution in [0.1, 0.15) is 149 Å². The topological polar surface area (TPSA) is 234 Å². The molecule has 2 rings (SSSR count). The third-order valence-electron chi connectivity index (χ3n) is 8.76. The molecule has 2 atom stereocenters. The number of hydrazone groups is 2. The smallest absolute Gasteiger partial charge is 0.320 e. The second kappa shape index (κ2) is 39.1. The maximum atomic E-state index is 12.6. The van der Waals surface area contributed by atoms with Gasteiger partial charge in [-0.25, -0.2) is 0 Å². The molecular weight excluding hydrogens is 759 g/mol. The summed E-state index contributed by atoms with van der Waals surface area (Å²) in [6, 6.07) is 5.02. The number of carboxylic acid groups (broad SMARTS) is 3. The molecule has 0 saturated heterocycles. The first-order valence-corrected chi connectivity index (χ1v) is 21.1. The van der Waals surface area contributed by atoms with Gasteiger partial charge in [-0.1, -0.05) is 98.6 Å². The Morgan fingerprint density at radius 2 is 1.42 bits per heavy atom. The number of carbonyl (C=O) groups is 5. The van der Waals surface area contributed by atoms with Crippen LogP contribution in [0, 0.1) is 12.8 Å². The minimum absolute atomic E-state index is 0.0653. The summed E-state index contributed by atoms with van der Waals surface area (Å²) in [7, 11) is 1.00. The SMILES string of the molecule is CCC(=O)O.CCC=O.CCCCCCC(C)CC.CCCN(CCN(CCC)C(CCC(=O)NCc1cc(C)cc(C2=NNC(C)=NN2)c1)C(=O)O)CC(=O)O.CO. The lowest BCUT2D eigenvalue weighted by atomic mass is 10.0. The molecule has 0 saturated carbocycles. The van der Waals surface area contributed by atoms with Gasteiger partial charge in [-0.05, 0) is 69.8 Å². The molecule has 59 heavy (non-hydrogen) atoms. The zero-order chi connectivity index (χ0) is 45.6. The number of carbonyl (C=O) groups excluding carboxylic acids is 2. The van der Waals surface area contributed by atoms with Crippen LogP contribution in [0.25, 0.3) is 0 Å². The number of unbranched alkanes of at least 4 members (excludes halogenated alkanes) is 3. The Kier molecular flexibility index (Phi) is 39.0. The van der Waals surface area contributed by atoms with Crippen LogP contribution in [-0.4, -0.2) is 118 Å². The van der Waals surface area contributed by atoms with E-state index < -0.39 is 23.9 Å². The number of aliphatic hydroxyl groups is 1. The van der Waals surface area contributed by atoms with Gasteiger partial charge >= 0.3 is 17.9 Å². The number of nitrogens with one attached hydrogen (secondary N) is 3. The highest BCUT2D eigenvalue weighted by molar-refractivity contribution is 6.01. The summed E-state index contributed by atoms with van der Waals surface area (Å²) in [5.74, 6) is -0.679. The number of carboxylic acids is 3. The lowest BCUT2D eigenvalue weighted by Crippen LogP contribution is -2.46. The number of benzene rings is 1. The molecule has 1 heterocycles. The van der Waals surface area contributed by atoms with Gasteiger partial charge in [-0.2, -0.15) is 10.2 Å². The molecular formula is C43H79N7O9. The van der Waals surface area contributed by atoms with Crippen molar-refractivity contribution in [2.75, 3.05) is 39.8 Å². The molecule has 1 amide bonds. The minimum Gasteiger partial charge on any atom is -0.481 e. The number of aliphatic carboxylic acids is 3. The van der Waals surface area contributed by atoms with Crippen molar-refractivity contribution in [3.63, 3.8) is 0 Å². The van der Waals surface area contributed by atoms with E-state index >= 15 is 0 Å². The second-order valence-electron chi connectivity index (χ2n) is 14.1. The molecule has 0 aliphatic carbocycles. The second-order valence-corrected chi connectivity index (χ2v) is 14.1. The lowest BCUT2D eigenvalue weighted by molar-refractivity contribution is -0.144. The predicted octanol–water partition coefficient (Wildman–Crippen LogP) is 6.23. The van der Waals surface area contributed by atoms with Crippen molar-refractivity contribution >= 4 is 41.8 Å². The molecule has 1 aromatic carbocycles. The zero-order valence-corrected chi connectivity index (χ0v) is 37.8. The van der Waals surface area contributed by atoms with Crippen molar-refractivity contribution in [3.05, 3.63) is 34.9 Å². The van der Waals surface area contributed by atoms with E-state index in [-0.39, 0.29) is 31.7 Å². The van der Waals surface area contributed by atoms with Gasteiger partial charge < -0.3 is 30.5 Å². The Labute approximate surface area is 354 Å². The number of rotatable bonds is 25. The van der Waals surface area contributed by atoms with Gasteiger partial charge in [0.15, 0.2) is 5.84 Å². The number of nitrogens with zero attached hydrogens (tertiary/aromatic N) is 4. The lowest BCUT2D eigenvalue weighted by Gasteiger charge is -2.31. The van der Waals surface area contributed by atoms with Crippen molar-refractivity contribution in [2.24, 2.45) is 16.1 Å². The number of aliphatic hydroxyl groups excluding tert-OH is 1. The molecule has 0 spiro atoms. The standard InChI is InChI=1S/C26H41N7O5.C10H22.C3H6O2.C3H6O.CH4O/c1-5-9-32(17-24(35)36)11-12-33(10-6-2)22(26(37)38)7-8-23(34)27-16-20-13-18(3)14-21(15-20)25-30-28-19(4)29-31-25;1-4-6-7-8-9-10(3)5-2;1-2-3(4)5;1-2-3-4;1-2/h13-15,22H,5-12,16-17H2,1-4H3,(H,27,34)(H,28,29)(H,30,31)(H,35,36)(H,37,38);10H,4-9H2,1-3H3;2H2,1H3,(H,4,5);3H,2H2,1H3;2H,1H3. The van der Waals surface area contributed by atoms with E-state index in [1.165, 1.54) is 38.5 Å². The fourth-order valence-electron chi connectivity index (χ4n) is 5.45. The molecule has 1 aliphatic heterocycles. The number of hydrogen-bond donors (Lipinski definition) is 7. The van der Waals surface area contributed by atoms with E-state index in [0.717, 1.165) is 48.8 Å². The van der Waals surface area contributed by atoms with Crippen molar-refractivity contribution in [1.82, 2.24) is 26.0 Å². The van der Waals surface area contributed by atoms with Crippen LogP contribution in [0.2, 0.25) is 0 Å². The molecule has 2 unspecified atom stereocenters. The van der Waals surface area contributed by atoms with Crippen LogP contribution < -0.4 is 16.2 Å². The third kappa shape index (κ3) is 33.2. The zero-order valence-electron chi connectivity index (χ0n) is 37.8. The molecule has 1 aromatic rings. The quantitative estimate of drug-likeness (QED) is 0.0428. The third-order valence-corrected chi connectivity index (χ3v) is 8.76. The Balaban J connectivity index is -0.00000122. The molecule has 7 N–H and O–H groups in total. The maximum absolute atomic E-state index is 12.6. The predicted molar refractivity (Wildman–Crippen MR) is 236 cm³/mol. The van der Waals surface area contributed by atoms with Crippen molar-refractivity contribution < 1.29 is 44.4 Å². The summed E-state index contributed by atoms with van der Waals surface area (Å²) in [5.41, 5.74) is 8.45. The first kappa shape index (κ1) is 58.9. The first-order valence-electron chi connectivity index (χ1n) is 21.1. The van der Waals surface area contributed by atoms with E-state index in [1.807, 2.05) is 55.7 Å². The van der Waals surface area contributed by atoms with Crippen molar-refractivity contribution in [2.45, 2.75) is 152 Å². The van der Waals surface area contributed by atoms with E-state index in [1.54, 1.807) is 13.8 Å². The van der Waals surface area contributed by atoms with Crippen LogP contribution in [0.15, 0.2) is 28.4 Å². The molecule has 340 valence electrons. The Morgan fingerprint density at radius 3 is 1.90 bits per heavy atom. The van der Waals surface area contributed by atoms with Gasteiger partial charge in [-0.3, -0.25) is 39.8 Å². The highest BCUT2D eigenvalue weighted by Gasteiger charge is 2.26. The summed E-state index contributed by atoms with van der Waals surface area (Å²) >= 11 is 0. The molecule has 16 heteroatoms. The van der Waals surface area contributed by atoms with Gasteiger partial charge in [-0.15, -0.1) is 0 Å². The summed E-state index contributed by atoms with van der Waals surface area (Å²) in [6.45, 7) is 20.3. The molecule has 1 aliphatic rings. The normalized spacial score (nSPS) is 12.4. The van der Waals surface area contributed by atoms with E-state index in [0.29, 0.717) is 50.8 Å². The van der Waals surface area contributed by atoms with E-state index in [2.05, 4.69) is 47.1 Å². The Morgan fingerprint density at radius 1 is 0.797 bits per heavy atom. The van der Waals surface area contributed by atoms with Crippen LogP contribution in [0.4, 0.5) is 0 Å². The minimum atomic E-state index is -0.984. The molecule has 0 aromatic heterocycles. The van der Waals surface area contributed by atoms with Crippen LogP contribution in [-0.2, 0) is 30.5 Å². The summed E-state index contributed by atoms with van der Waals surface area (Å²) in [5, 5.41) is 45.0. The fraction of sp³-hybridized carbons (Fsp3) is 0.698. The Bertz CT molecular complexity index is 1360. The number of amides is 1. The Hall–Kier alpha value is -4.41. The number of aldehydes is 1. The average Bonchev–Trinajstić information content (AvgIpc) is 3.21. The molecule has 0 bridgehead atoms. The maximum Gasteiger partial charge on any atom is 0.320 e. The van der Waals surface area contributed by atoms with E-state index in [4.69, 9.17) is 15.3 Å². The van der Waals surface area contributed by atoms with Gasteiger partial charge in [0.1, 0.15) is 18.2 Å². The van der Waals surface area contributed by atoms with Crippen molar-refractivity contribution in [1.29, 1.82) is 0 Å². The van der Waals surface area contributed by atoms with Gasteiger partial charge in [0, 0.05) is 51.6 Å². The number of aryl methyl sites for hydroxylation is 1. The van der Waals surface area contributed by atoms with Crippen LogP contribution >= 0.6 is 0 Å². The molecule has 0 fully saturated rings. The summed E-state index contributed by atoms with van der Waals surface area (Å²) in [4.78, 5) is 58.1.